The molecular formula is C11H22NO3+. The van der Waals surface area contributed by atoms with E-state index < -0.39 is 18.0 Å². The lowest BCUT2D eigenvalue weighted by atomic mass is 10.0. The van der Waals surface area contributed by atoms with Crippen molar-refractivity contribution in [2.24, 2.45) is 5.92 Å². The number of hydrogen-bond donors (Lipinski definition) is 2. The molecule has 2 unspecified atom stereocenters. The summed E-state index contributed by atoms with van der Waals surface area (Å²) in [5.41, 5.74) is 0. The molecule has 0 saturated carbocycles. The molecule has 0 bridgehead atoms. The van der Waals surface area contributed by atoms with Gasteiger partial charge in [0.25, 0.3) is 0 Å². The number of aliphatic carboxylic acids is 1. The zero-order valence-electron chi connectivity index (χ0n) is 9.97. The minimum absolute atomic E-state index is 0.422. The van der Waals surface area contributed by atoms with Crippen molar-refractivity contribution >= 4 is 5.97 Å². The molecule has 0 rings (SSSR count). The van der Waals surface area contributed by atoms with Gasteiger partial charge in [0.2, 0.25) is 0 Å². The molecule has 0 aliphatic carbocycles. The topological polar surface area (TPSA) is 57.5 Å². The van der Waals surface area contributed by atoms with E-state index in [1.165, 1.54) is 0 Å². The average Bonchev–Trinajstić information content (AvgIpc) is 2.00. The molecule has 0 fully saturated rings. The van der Waals surface area contributed by atoms with E-state index in [1.807, 2.05) is 28.1 Å². The molecule has 0 aromatic rings. The Bertz CT molecular complexity index is 230. The maximum Gasteiger partial charge on any atom is 0.313 e. The van der Waals surface area contributed by atoms with Crippen molar-refractivity contribution in [2.45, 2.75) is 19.4 Å². The van der Waals surface area contributed by atoms with Gasteiger partial charge in [0.05, 0.1) is 21.1 Å². The SMILES string of the molecule is CCC=CC(C(=O)O)C(O)C[N+](C)(C)C. The second-order valence-corrected chi connectivity index (χ2v) is 4.74. The molecule has 0 radical (unpaired) electrons. The summed E-state index contributed by atoms with van der Waals surface area (Å²) in [5.74, 6) is -1.78. The third kappa shape index (κ3) is 6.25. The lowest BCUT2D eigenvalue weighted by molar-refractivity contribution is -0.873. The first kappa shape index (κ1) is 14.1. The Hall–Kier alpha value is -0.870. The number of likely N-dealkylation sites (N-methyl/N-ethyl adjacent to an activating group) is 1. The third-order valence-corrected chi connectivity index (χ3v) is 2.01. The summed E-state index contributed by atoms with van der Waals surface area (Å²) >= 11 is 0. The summed E-state index contributed by atoms with van der Waals surface area (Å²) in [6, 6.07) is 0. The number of aliphatic hydroxyl groups is 1. The molecule has 0 saturated heterocycles. The Kier molecular flexibility index (Phi) is 5.54. The molecule has 2 N–H and O–H groups in total. The van der Waals surface area contributed by atoms with E-state index in [4.69, 9.17) is 5.11 Å². The number of quaternary nitrogens is 1. The zero-order valence-corrected chi connectivity index (χ0v) is 9.97. The van der Waals surface area contributed by atoms with E-state index in [0.717, 1.165) is 6.42 Å². The van der Waals surface area contributed by atoms with Gasteiger partial charge in [0.1, 0.15) is 18.6 Å². The molecule has 4 nitrogen and oxygen atoms in total. The Morgan fingerprint density at radius 3 is 2.27 bits per heavy atom. The number of hydrogen-bond acceptors (Lipinski definition) is 2. The third-order valence-electron chi connectivity index (χ3n) is 2.01. The van der Waals surface area contributed by atoms with Crippen LogP contribution in [0, 0.1) is 5.92 Å². The number of carboxylic acids is 1. The number of rotatable bonds is 6. The van der Waals surface area contributed by atoms with Crippen molar-refractivity contribution in [3.8, 4) is 0 Å². The summed E-state index contributed by atoms with van der Waals surface area (Å²) in [4.78, 5) is 10.9. The van der Waals surface area contributed by atoms with E-state index in [0.29, 0.717) is 11.0 Å². The van der Waals surface area contributed by atoms with Gasteiger partial charge in [0, 0.05) is 0 Å². The van der Waals surface area contributed by atoms with Gasteiger partial charge in [-0.15, -0.1) is 0 Å². The largest absolute Gasteiger partial charge is 0.481 e. The smallest absolute Gasteiger partial charge is 0.313 e. The van der Waals surface area contributed by atoms with Crippen LogP contribution < -0.4 is 0 Å². The molecule has 0 amide bonds. The van der Waals surface area contributed by atoms with Crippen LogP contribution in [0.1, 0.15) is 13.3 Å². The fourth-order valence-electron chi connectivity index (χ4n) is 1.33. The van der Waals surface area contributed by atoms with Crippen molar-refractivity contribution in [2.75, 3.05) is 27.7 Å². The van der Waals surface area contributed by atoms with Gasteiger partial charge in [-0.3, -0.25) is 4.79 Å². The molecule has 0 spiro atoms. The Morgan fingerprint density at radius 1 is 1.40 bits per heavy atom. The molecule has 0 aromatic carbocycles. The lowest BCUT2D eigenvalue weighted by Gasteiger charge is -2.28. The van der Waals surface area contributed by atoms with Gasteiger partial charge in [-0.1, -0.05) is 19.1 Å². The summed E-state index contributed by atoms with van der Waals surface area (Å²) in [6.45, 7) is 2.35. The molecule has 88 valence electrons. The molecule has 0 aliphatic rings. The maximum absolute atomic E-state index is 10.9. The summed E-state index contributed by atoms with van der Waals surface area (Å²) in [7, 11) is 5.77. The van der Waals surface area contributed by atoms with Gasteiger partial charge < -0.3 is 14.7 Å². The first-order valence-electron chi connectivity index (χ1n) is 5.16. The monoisotopic (exact) mass is 216 g/mol. The predicted molar refractivity (Wildman–Crippen MR) is 59.5 cm³/mol. The van der Waals surface area contributed by atoms with Gasteiger partial charge in [-0.05, 0) is 6.42 Å². The number of carboxylic acid groups (broad SMARTS) is 1. The number of aliphatic hydroxyl groups excluding tert-OH is 1. The zero-order chi connectivity index (χ0) is 12.1. The average molecular weight is 216 g/mol. The predicted octanol–water partition coefficient (Wildman–Crippen LogP) is 0.720. The molecule has 0 aromatic heterocycles. The Labute approximate surface area is 91.4 Å². The van der Waals surface area contributed by atoms with Gasteiger partial charge >= 0.3 is 5.97 Å². The molecule has 15 heavy (non-hydrogen) atoms. The van der Waals surface area contributed by atoms with Crippen molar-refractivity contribution in [3.63, 3.8) is 0 Å². The maximum atomic E-state index is 10.9. The van der Waals surface area contributed by atoms with E-state index in [-0.39, 0.29) is 0 Å². The Balaban J connectivity index is 4.49. The highest BCUT2D eigenvalue weighted by molar-refractivity contribution is 5.72. The van der Waals surface area contributed by atoms with Gasteiger partial charge in [-0.2, -0.15) is 0 Å². The van der Waals surface area contributed by atoms with Crippen LogP contribution in [0.5, 0.6) is 0 Å². The molecule has 0 aliphatic heterocycles. The van der Waals surface area contributed by atoms with Crippen LogP contribution in [-0.4, -0.2) is 54.5 Å². The fourth-order valence-corrected chi connectivity index (χ4v) is 1.33. The van der Waals surface area contributed by atoms with Crippen molar-refractivity contribution in [1.29, 1.82) is 0 Å². The minimum Gasteiger partial charge on any atom is -0.481 e. The van der Waals surface area contributed by atoms with Crippen molar-refractivity contribution in [1.82, 2.24) is 0 Å². The number of allylic oxidation sites excluding steroid dienone is 1. The fraction of sp³-hybridized carbons (Fsp3) is 0.727. The summed E-state index contributed by atoms with van der Waals surface area (Å²) < 4.78 is 0.547. The van der Waals surface area contributed by atoms with Crippen LogP contribution >= 0.6 is 0 Å². The van der Waals surface area contributed by atoms with E-state index >= 15 is 0 Å². The standard InChI is InChI=1S/C11H21NO3/c1-5-6-7-9(11(14)15)10(13)8-12(2,3)4/h6-7,9-10,13H,5,8H2,1-4H3/p+1. The van der Waals surface area contributed by atoms with Gasteiger partial charge in [0.15, 0.2) is 0 Å². The number of carbonyl (C=O) groups is 1. The highest BCUT2D eigenvalue weighted by Gasteiger charge is 2.28. The second kappa shape index (κ2) is 5.88. The lowest BCUT2D eigenvalue weighted by Crippen LogP contribution is -2.45. The second-order valence-electron chi connectivity index (χ2n) is 4.74. The quantitative estimate of drug-likeness (QED) is 0.508. The van der Waals surface area contributed by atoms with Gasteiger partial charge in [-0.25, -0.2) is 0 Å². The van der Waals surface area contributed by atoms with E-state index in [9.17, 15) is 9.90 Å². The van der Waals surface area contributed by atoms with Crippen LogP contribution in [-0.2, 0) is 4.79 Å². The molecular weight excluding hydrogens is 194 g/mol. The van der Waals surface area contributed by atoms with Crippen molar-refractivity contribution in [3.05, 3.63) is 12.2 Å². The van der Waals surface area contributed by atoms with Crippen LogP contribution in [0.4, 0.5) is 0 Å². The van der Waals surface area contributed by atoms with Crippen LogP contribution in [0.3, 0.4) is 0 Å². The number of nitrogens with zero attached hydrogens (tertiary/aromatic N) is 1. The minimum atomic E-state index is -0.972. The molecule has 4 heteroatoms. The van der Waals surface area contributed by atoms with Crippen LogP contribution in [0.15, 0.2) is 12.2 Å². The first-order chi connectivity index (χ1) is 6.78. The summed E-state index contributed by atoms with van der Waals surface area (Å²) in [5, 5.41) is 18.7. The first-order valence-corrected chi connectivity index (χ1v) is 5.16. The van der Waals surface area contributed by atoms with Crippen molar-refractivity contribution < 1.29 is 19.5 Å². The Morgan fingerprint density at radius 2 is 1.93 bits per heavy atom. The summed E-state index contributed by atoms with van der Waals surface area (Å²) in [6.07, 6.45) is 3.28. The van der Waals surface area contributed by atoms with Crippen LogP contribution in [0.2, 0.25) is 0 Å². The van der Waals surface area contributed by atoms with E-state index in [1.54, 1.807) is 12.2 Å². The normalized spacial score (nSPS) is 16.6. The highest BCUT2D eigenvalue weighted by Crippen LogP contribution is 2.10. The van der Waals surface area contributed by atoms with E-state index in [2.05, 4.69) is 0 Å². The highest BCUT2D eigenvalue weighted by atomic mass is 16.4. The van der Waals surface area contributed by atoms with Crippen LogP contribution in [0.25, 0.3) is 0 Å². The molecule has 0 heterocycles. The molecule has 2 atom stereocenters.